The molecule has 0 bridgehead atoms. The van der Waals surface area contributed by atoms with Crippen LogP contribution >= 0.6 is 0 Å². The van der Waals surface area contributed by atoms with E-state index in [1.54, 1.807) is 0 Å². The SMILES string of the molecule is Cc1c(N(CC(=O)N[C@@H](CC(C)C)c2ccccc2)S(C)(=O)=O)cccc1[N+](=O)[O-]. The predicted molar refractivity (Wildman–Crippen MR) is 117 cm³/mol. The minimum atomic E-state index is -3.85. The van der Waals surface area contributed by atoms with Crippen LogP contribution < -0.4 is 9.62 Å². The molecule has 2 rings (SSSR count). The molecule has 0 fully saturated rings. The zero-order valence-corrected chi connectivity index (χ0v) is 18.3. The molecule has 162 valence electrons. The monoisotopic (exact) mass is 433 g/mol. The van der Waals surface area contributed by atoms with Crippen LogP contribution in [0.15, 0.2) is 48.5 Å². The number of nitro groups is 1. The number of nitrogens with one attached hydrogen (secondary N) is 1. The maximum atomic E-state index is 12.8. The van der Waals surface area contributed by atoms with Gasteiger partial charge < -0.3 is 5.32 Å². The highest BCUT2D eigenvalue weighted by Crippen LogP contribution is 2.30. The van der Waals surface area contributed by atoms with Gasteiger partial charge in [0.15, 0.2) is 0 Å². The summed E-state index contributed by atoms with van der Waals surface area (Å²) in [6.45, 7) is 5.08. The molecule has 0 spiro atoms. The largest absolute Gasteiger partial charge is 0.348 e. The highest BCUT2D eigenvalue weighted by atomic mass is 32.2. The molecule has 8 nitrogen and oxygen atoms in total. The highest BCUT2D eigenvalue weighted by molar-refractivity contribution is 7.92. The molecule has 1 N–H and O–H groups in total. The van der Waals surface area contributed by atoms with Crippen LogP contribution in [0, 0.1) is 23.0 Å². The van der Waals surface area contributed by atoms with E-state index in [1.165, 1.54) is 25.1 Å². The third-order valence-electron chi connectivity index (χ3n) is 4.67. The Morgan fingerprint density at radius 1 is 1.13 bits per heavy atom. The van der Waals surface area contributed by atoms with Gasteiger partial charge in [-0.15, -0.1) is 0 Å². The van der Waals surface area contributed by atoms with Gasteiger partial charge in [0.25, 0.3) is 5.69 Å². The fourth-order valence-electron chi connectivity index (χ4n) is 3.27. The summed E-state index contributed by atoms with van der Waals surface area (Å²) in [5, 5.41) is 14.1. The number of sulfonamides is 1. The van der Waals surface area contributed by atoms with Gasteiger partial charge in [-0.3, -0.25) is 19.2 Å². The Hall–Kier alpha value is -2.94. The number of rotatable bonds is 9. The Morgan fingerprint density at radius 2 is 1.77 bits per heavy atom. The Labute approximate surface area is 177 Å². The van der Waals surface area contributed by atoms with Gasteiger partial charge in [-0.05, 0) is 30.9 Å². The van der Waals surface area contributed by atoms with Gasteiger partial charge in [0.2, 0.25) is 15.9 Å². The van der Waals surface area contributed by atoms with Crippen molar-refractivity contribution in [3.8, 4) is 0 Å². The number of hydrogen-bond donors (Lipinski definition) is 1. The van der Waals surface area contributed by atoms with Crippen LogP contribution in [0.1, 0.15) is 37.4 Å². The van der Waals surface area contributed by atoms with Gasteiger partial charge in [0.1, 0.15) is 6.54 Å². The average molecular weight is 434 g/mol. The quantitative estimate of drug-likeness (QED) is 0.480. The van der Waals surface area contributed by atoms with Crippen molar-refractivity contribution < 1.29 is 18.1 Å². The molecule has 0 aliphatic carbocycles. The van der Waals surface area contributed by atoms with Gasteiger partial charge in [-0.1, -0.05) is 50.2 Å². The Balaban J connectivity index is 2.32. The molecule has 0 aliphatic heterocycles. The van der Waals surface area contributed by atoms with Crippen molar-refractivity contribution in [1.29, 1.82) is 0 Å². The van der Waals surface area contributed by atoms with E-state index in [4.69, 9.17) is 0 Å². The number of carbonyl (C=O) groups is 1. The number of amides is 1. The minimum absolute atomic E-state index is 0.113. The summed E-state index contributed by atoms with van der Waals surface area (Å²) in [5.41, 5.74) is 1.02. The standard InChI is InChI=1S/C21H27N3O5S/c1-15(2)13-18(17-9-6-5-7-10-17)22-21(25)14-23(30(4,28)29)19-11-8-12-20(16(19)3)24(26)27/h5-12,15,18H,13-14H2,1-4H3,(H,22,25)/t18-/m0/s1. The first kappa shape index (κ1) is 23.3. The Bertz CT molecular complexity index is 1010. The summed E-state index contributed by atoms with van der Waals surface area (Å²) in [4.78, 5) is 23.5. The zero-order chi connectivity index (χ0) is 22.5. The molecule has 1 atom stereocenters. The summed E-state index contributed by atoms with van der Waals surface area (Å²) in [7, 11) is -3.85. The van der Waals surface area contributed by atoms with Crippen LogP contribution in [0.25, 0.3) is 0 Å². The van der Waals surface area contributed by atoms with Gasteiger partial charge in [-0.2, -0.15) is 0 Å². The molecule has 2 aromatic rings. The summed E-state index contributed by atoms with van der Waals surface area (Å²) in [6, 6.07) is 13.3. The minimum Gasteiger partial charge on any atom is -0.348 e. The first-order valence-electron chi connectivity index (χ1n) is 9.56. The molecule has 0 aromatic heterocycles. The van der Waals surface area contributed by atoms with E-state index in [1.807, 2.05) is 44.2 Å². The maximum absolute atomic E-state index is 12.8. The van der Waals surface area contributed by atoms with Gasteiger partial charge >= 0.3 is 0 Å². The van der Waals surface area contributed by atoms with E-state index in [0.29, 0.717) is 12.3 Å². The molecule has 0 aliphatic rings. The third kappa shape index (κ3) is 6.03. The molecule has 1 amide bonds. The summed E-state index contributed by atoms with van der Waals surface area (Å²) < 4.78 is 25.7. The molecule has 0 heterocycles. The van der Waals surface area contributed by atoms with Crippen LogP contribution in [0.3, 0.4) is 0 Å². The van der Waals surface area contributed by atoms with Crippen molar-refractivity contribution in [2.75, 3.05) is 17.1 Å². The fourth-order valence-corrected chi connectivity index (χ4v) is 4.17. The van der Waals surface area contributed by atoms with Crippen molar-refractivity contribution in [2.24, 2.45) is 5.92 Å². The van der Waals surface area contributed by atoms with Crippen molar-refractivity contribution >= 4 is 27.3 Å². The highest BCUT2D eigenvalue weighted by Gasteiger charge is 2.27. The second-order valence-corrected chi connectivity index (χ2v) is 9.52. The van der Waals surface area contributed by atoms with E-state index >= 15 is 0 Å². The van der Waals surface area contributed by atoms with Crippen molar-refractivity contribution in [3.63, 3.8) is 0 Å². The molecule has 0 saturated heterocycles. The van der Waals surface area contributed by atoms with Gasteiger partial charge in [-0.25, -0.2) is 8.42 Å². The smallest absolute Gasteiger partial charge is 0.274 e. The number of anilines is 1. The zero-order valence-electron chi connectivity index (χ0n) is 17.5. The molecule has 0 saturated carbocycles. The van der Waals surface area contributed by atoms with E-state index in [9.17, 15) is 23.3 Å². The van der Waals surface area contributed by atoms with Crippen LogP contribution in [-0.4, -0.2) is 32.0 Å². The van der Waals surface area contributed by atoms with Crippen molar-refractivity contribution in [2.45, 2.75) is 33.2 Å². The number of nitrogens with zero attached hydrogens (tertiary/aromatic N) is 2. The molecule has 9 heteroatoms. The fraction of sp³-hybridized carbons (Fsp3) is 0.381. The first-order chi connectivity index (χ1) is 14.0. The molecule has 2 aromatic carbocycles. The summed E-state index contributed by atoms with van der Waals surface area (Å²) in [5.74, 6) is -0.179. The summed E-state index contributed by atoms with van der Waals surface area (Å²) >= 11 is 0. The van der Waals surface area contributed by atoms with Crippen LogP contribution in [0.2, 0.25) is 0 Å². The first-order valence-corrected chi connectivity index (χ1v) is 11.4. The average Bonchev–Trinajstić information content (AvgIpc) is 2.65. The molecular weight excluding hydrogens is 406 g/mol. The maximum Gasteiger partial charge on any atom is 0.274 e. The van der Waals surface area contributed by atoms with E-state index in [0.717, 1.165) is 16.1 Å². The van der Waals surface area contributed by atoms with Gasteiger partial charge in [0, 0.05) is 6.07 Å². The van der Waals surface area contributed by atoms with Gasteiger partial charge in [0.05, 0.1) is 28.5 Å². The molecule has 0 radical (unpaired) electrons. The number of nitro benzene ring substituents is 1. The normalized spacial score (nSPS) is 12.4. The third-order valence-corrected chi connectivity index (χ3v) is 5.80. The lowest BCUT2D eigenvalue weighted by molar-refractivity contribution is -0.385. The second-order valence-electron chi connectivity index (χ2n) is 7.61. The second kappa shape index (κ2) is 9.71. The number of benzene rings is 2. The lowest BCUT2D eigenvalue weighted by Gasteiger charge is -2.26. The van der Waals surface area contributed by atoms with E-state index in [-0.39, 0.29) is 23.0 Å². The van der Waals surface area contributed by atoms with Crippen LogP contribution in [0.5, 0.6) is 0 Å². The number of carbonyl (C=O) groups excluding carboxylic acids is 1. The van der Waals surface area contributed by atoms with Crippen LogP contribution in [-0.2, 0) is 14.8 Å². The summed E-state index contributed by atoms with van der Waals surface area (Å²) in [6.07, 6.45) is 1.66. The van der Waals surface area contributed by atoms with Crippen molar-refractivity contribution in [1.82, 2.24) is 5.32 Å². The van der Waals surface area contributed by atoms with E-state index < -0.39 is 27.4 Å². The lowest BCUT2D eigenvalue weighted by Crippen LogP contribution is -2.42. The lowest BCUT2D eigenvalue weighted by atomic mass is 9.97. The molecule has 30 heavy (non-hydrogen) atoms. The van der Waals surface area contributed by atoms with E-state index in [2.05, 4.69) is 5.32 Å². The number of hydrogen-bond acceptors (Lipinski definition) is 5. The molecule has 0 unspecified atom stereocenters. The van der Waals surface area contributed by atoms with Crippen molar-refractivity contribution in [3.05, 3.63) is 69.8 Å². The molecular formula is C21H27N3O5S. The predicted octanol–water partition coefficient (Wildman–Crippen LogP) is 3.57. The topological polar surface area (TPSA) is 110 Å². The Morgan fingerprint density at radius 3 is 2.30 bits per heavy atom. The van der Waals surface area contributed by atoms with Crippen LogP contribution in [0.4, 0.5) is 11.4 Å². The Kier molecular flexibility index (Phi) is 7.55.